The summed E-state index contributed by atoms with van der Waals surface area (Å²) >= 11 is 0. The Labute approximate surface area is 177 Å². The van der Waals surface area contributed by atoms with Gasteiger partial charge < -0.3 is 18.8 Å². The number of rotatable bonds is 6. The highest BCUT2D eigenvalue weighted by Gasteiger charge is 2.37. The Morgan fingerprint density at radius 3 is 2.57 bits per heavy atom. The first-order valence-corrected chi connectivity index (χ1v) is 10.4. The summed E-state index contributed by atoms with van der Waals surface area (Å²) in [6, 6.07) is 17.7. The first kappa shape index (κ1) is 20.6. The first-order chi connectivity index (χ1) is 14.5. The van der Waals surface area contributed by atoms with Crippen LogP contribution in [0.2, 0.25) is 0 Å². The maximum atomic E-state index is 11.8. The van der Waals surface area contributed by atoms with Crippen LogP contribution in [0, 0.1) is 0 Å². The largest absolute Gasteiger partial charge is 0.489 e. The fraction of sp³-hybridized carbons (Fsp3) is 0.400. The van der Waals surface area contributed by atoms with Gasteiger partial charge in [-0.3, -0.25) is 4.79 Å². The van der Waals surface area contributed by atoms with Gasteiger partial charge in [0.1, 0.15) is 12.4 Å². The molecule has 1 saturated carbocycles. The van der Waals surface area contributed by atoms with Crippen molar-refractivity contribution in [2.45, 2.75) is 44.0 Å². The highest BCUT2D eigenvalue weighted by Crippen LogP contribution is 2.41. The second-order valence-electron chi connectivity index (χ2n) is 8.07. The summed E-state index contributed by atoms with van der Waals surface area (Å²) < 4.78 is 19.3. The minimum atomic E-state index is -0.276. The van der Waals surface area contributed by atoms with E-state index >= 15 is 0 Å². The Balaban J connectivity index is 1.50. The molecule has 1 fully saturated rings. The summed E-state index contributed by atoms with van der Waals surface area (Å²) in [4.78, 5) is 11.8. The summed E-state index contributed by atoms with van der Waals surface area (Å²) in [7, 11) is 5.37. The van der Waals surface area contributed by atoms with E-state index in [0.717, 1.165) is 53.5 Å². The van der Waals surface area contributed by atoms with Gasteiger partial charge in [-0.05, 0) is 72.5 Å². The quantitative estimate of drug-likeness (QED) is 0.602. The topological polar surface area (TPSA) is 49.7 Å². The predicted octanol–water partition coefficient (Wildman–Crippen LogP) is 4.55. The molecule has 0 aliphatic heterocycles. The van der Waals surface area contributed by atoms with Gasteiger partial charge in [-0.1, -0.05) is 18.2 Å². The molecule has 0 amide bonds. The maximum absolute atomic E-state index is 11.8. The summed E-state index contributed by atoms with van der Waals surface area (Å²) in [6.07, 6.45) is 4.19. The van der Waals surface area contributed by atoms with Crippen LogP contribution >= 0.6 is 0 Å². The maximum Gasteiger partial charge on any atom is 0.250 e. The molecule has 1 aliphatic rings. The van der Waals surface area contributed by atoms with Gasteiger partial charge in [0, 0.05) is 27.3 Å². The fourth-order valence-electron chi connectivity index (χ4n) is 4.46. The van der Waals surface area contributed by atoms with Crippen LogP contribution < -0.4 is 10.3 Å². The number of aryl methyl sites for hydroxylation is 1. The molecular weight excluding hydrogens is 378 g/mol. The number of nitrogens with zero attached hydrogens (tertiary/aromatic N) is 1. The van der Waals surface area contributed by atoms with Crippen molar-refractivity contribution in [1.29, 1.82) is 0 Å². The second-order valence-corrected chi connectivity index (χ2v) is 8.07. The van der Waals surface area contributed by atoms with Crippen molar-refractivity contribution in [2.75, 3.05) is 14.2 Å². The van der Waals surface area contributed by atoms with Gasteiger partial charge in [0.2, 0.25) is 0 Å². The number of hydrogen-bond donors (Lipinski definition) is 0. The molecule has 4 rings (SSSR count). The lowest BCUT2D eigenvalue weighted by Crippen LogP contribution is -2.35. The van der Waals surface area contributed by atoms with Gasteiger partial charge in [-0.15, -0.1) is 0 Å². The van der Waals surface area contributed by atoms with Crippen molar-refractivity contribution < 1.29 is 14.2 Å². The van der Waals surface area contributed by atoms with E-state index in [2.05, 4.69) is 18.2 Å². The van der Waals surface area contributed by atoms with Gasteiger partial charge in [0.25, 0.3) is 5.56 Å². The van der Waals surface area contributed by atoms with Crippen molar-refractivity contribution in [3.63, 3.8) is 0 Å². The smallest absolute Gasteiger partial charge is 0.250 e. The third kappa shape index (κ3) is 4.00. The Kier molecular flexibility index (Phi) is 5.93. The molecule has 5 heteroatoms. The lowest BCUT2D eigenvalue weighted by Gasteiger charge is -2.39. The van der Waals surface area contributed by atoms with Gasteiger partial charge in [-0.25, -0.2) is 0 Å². The van der Waals surface area contributed by atoms with Crippen LogP contribution in [0.5, 0.6) is 5.75 Å². The first-order valence-electron chi connectivity index (χ1n) is 10.4. The number of benzene rings is 2. The number of pyridine rings is 1. The van der Waals surface area contributed by atoms with Crippen LogP contribution in [0.4, 0.5) is 0 Å². The molecule has 30 heavy (non-hydrogen) atoms. The Morgan fingerprint density at radius 2 is 1.83 bits per heavy atom. The number of aromatic nitrogens is 1. The normalized spacial score (nSPS) is 21.6. The van der Waals surface area contributed by atoms with Crippen LogP contribution in [0.3, 0.4) is 0 Å². The minimum Gasteiger partial charge on any atom is -0.489 e. The summed E-state index contributed by atoms with van der Waals surface area (Å²) in [5.74, 6) is 0.832. The molecule has 3 aromatic rings. The van der Waals surface area contributed by atoms with Crippen molar-refractivity contribution in [3.8, 4) is 5.75 Å². The number of hydrogen-bond acceptors (Lipinski definition) is 4. The van der Waals surface area contributed by atoms with Gasteiger partial charge in [0.05, 0.1) is 17.2 Å². The molecule has 0 atom stereocenters. The third-order valence-corrected chi connectivity index (χ3v) is 6.42. The van der Waals surface area contributed by atoms with E-state index in [0.29, 0.717) is 12.7 Å². The molecule has 0 bridgehead atoms. The highest BCUT2D eigenvalue weighted by molar-refractivity contribution is 5.79. The lowest BCUT2D eigenvalue weighted by molar-refractivity contribution is -0.0762. The van der Waals surface area contributed by atoms with E-state index < -0.39 is 0 Å². The fourth-order valence-corrected chi connectivity index (χ4v) is 4.46. The van der Waals surface area contributed by atoms with E-state index in [4.69, 9.17) is 14.2 Å². The zero-order chi connectivity index (χ0) is 21.1. The van der Waals surface area contributed by atoms with E-state index in [-0.39, 0.29) is 11.2 Å². The zero-order valence-corrected chi connectivity index (χ0v) is 17.9. The standard InChI is InChI=1S/C25H29NO4/c1-26-23-9-7-18(15-19(23)8-10-24(26)27)17-30-22-6-4-5-20(16-22)25(29-3)13-11-21(28-2)12-14-25/h4-10,15-16,21H,11-14,17H2,1-3H3/t21-,25-. The Morgan fingerprint density at radius 1 is 1.03 bits per heavy atom. The molecule has 0 saturated heterocycles. The van der Waals surface area contributed by atoms with E-state index in [1.165, 1.54) is 0 Å². The van der Waals surface area contributed by atoms with Crippen LogP contribution in [0.15, 0.2) is 59.4 Å². The second kappa shape index (κ2) is 8.62. The SMILES string of the molecule is CO[C@H]1CC[C@@](OC)(c2cccc(OCc3ccc4c(ccc(=O)n4C)c3)c2)CC1. The molecule has 0 unspecified atom stereocenters. The van der Waals surface area contributed by atoms with Crippen LogP contribution in [-0.2, 0) is 28.7 Å². The molecule has 0 N–H and O–H groups in total. The predicted molar refractivity (Wildman–Crippen MR) is 118 cm³/mol. The van der Waals surface area contributed by atoms with Crippen LogP contribution in [0.1, 0.15) is 36.8 Å². The summed E-state index contributed by atoms with van der Waals surface area (Å²) in [6.45, 7) is 0.466. The molecule has 0 spiro atoms. The van der Waals surface area contributed by atoms with Gasteiger partial charge >= 0.3 is 0 Å². The van der Waals surface area contributed by atoms with Crippen molar-refractivity contribution in [1.82, 2.24) is 4.57 Å². The zero-order valence-electron chi connectivity index (χ0n) is 17.9. The summed E-state index contributed by atoms with van der Waals surface area (Å²) in [5, 5.41) is 1.03. The van der Waals surface area contributed by atoms with Crippen molar-refractivity contribution in [2.24, 2.45) is 7.05 Å². The molecule has 5 nitrogen and oxygen atoms in total. The van der Waals surface area contributed by atoms with Gasteiger partial charge in [-0.2, -0.15) is 0 Å². The molecule has 1 heterocycles. The number of methoxy groups -OCH3 is 2. The number of ether oxygens (including phenoxy) is 3. The average molecular weight is 408 g/mol. The number of fused-ring (bicyclic) bond motifs is 1. The van der Waals surface area contributed by atoms with Crippen LogP contribution in [0.25, 0.3) is 10.9 Å². The van der Waals surface area contributed by atoms with E-state index in [9.17, 15) is 4.79 Å². The molecule has 0 radical (unpaired) electrons. The minimum absolute atomic E-state index is 0.00470. The van der Waals surface area contributed by atoms with Crippen LogP contribution in [-0.4, -0.2) is 24.9 Å². The lowest BCUT2D eigenvalue weighted by atomic mass is 9.78. The third-order valence-electron chi connectivity index (χ3n) is 6.42. The molecule has 158 valence electrons. The van der Waals surface area contributed by atoms with E-state index in [1.807, 2.05) is 30.3 Å². The van der Waals surface area contributed by atoms with Crippen molar-refractivity contribution >= 4 is 10.9 Å². The highest BCUT2D eigenvalue weighted by atomic mass is 16.5. The van der Waals surface area contributed by atoms with E-state index in [1.54, 1.807) is 31.9 Å². The molecule has 2 aromatic carbocycles. The molecule has 1 aromatic heterocycles. The summed E-state index contributed by atoms with van der Waals surface area (Å²) in [5.41, 5.74) is 2.86. The molecular formula is C25H29NO4. The van der Waals surface area contributed by atoms with Gasteiger partial charge in [0.15, 0.2) is 0 Å². The van der Waals surface area contributed by atoms with Crippen molar-refractivity contribution in [3.05, 3.63) is 76.1 Å². The average Bonchev–Trinajstić information content (AvgIpc) is 2.80. The molecule has 1 aliphatic carbocycles. The Hall–Kier alpha value is -2.63. The Bertz CT molecular complexity index is 1080. The monoisotopic (exact) mass is 407 g/mol.